The van der Waals surface area contributed by atoms with E-state index in [0.717, 1.165) is 0 Å². The third-order valence-electron chi connectivity index (χ3n) is 2.72. The first kappa shape index (κ1) is 16.0. The molecule has 0 bridgehead atoms. The van der Waals surface area contributed by atoms with Crippen LogP contribution in [-0.4, -0.2) is 22.8 Å². The van der Waals surface area contributed by atoms with Gasteiger partial charge in [0.2, 0.25) is 0 Å². The van der Waals surface area contributed by atoms with Crippen LogP contribution >= 0.6 is 0 Å². The van der Waals surface area contributed by atoms with Crippen LogP contribution in [0, 0.1) is 5.82 Å². The standard InChI is InChI=1S/C14H13F4N3O/c1-2-11-12(15)13(20-8-19-11)21-9-3-5-10(6-4-9)22-7-14(16,17)18/h3-6,8H,2,7H2,1H3,(H,19,20,21). The Labute approximate surface area is 124 Å². The molecule has 118 valence electrons. The molecule has 22 heavy (non-hydrogen) atoms. The fourth-order valence-electron chi connectivity index (χ4n) is 1.68. The average molecular weight is 315 g/mol. The molecule has 0 aliphatic rings. The molecular weight excluding hydrogens is 302 g/mol. The van der Waals surface area contributed by atoms with E-state index in [9.17, 15) is 17.6 Å². The number of aryl methyl sites for hydroxylation is 1. The van der Waals surface area contributed by atoms with Crippen molar-refractivity contribution < 1.29 is 22.3 Å². The van der Waals surface area contributed by atoms with E-state index in [1.165, 1.54) is 30.6 Å². The van der Waals surface area contributed by atoms with Gasteiger partial charge < -0.3 is 10.1 Å². The highest BCUT2D eigenvalue weighted by Crippen LogP contribution is 2.23. The summed E-state index contributed by atoms with van der Waals surface area (Å²) in [5.74, 6) is -0.474. The van der Waals surface area contributed by atoms with Gasteiger partial charge in [-0.3, -0.25) is 0 Å². The second kappa shape index (κ2) is 6.59. The number of anilines is 2. The summed E-state index contributed by atoms with van der Waals surface area (Å²) in [5, 5.41) is 2.74. The second-order valence-corrected chi connectivity index (χ2v) is 4.39. The lowest BCUT2D eigenvalue weighted by molar-refractivity contribution is -0.153. The summed E-state index contributed by atoms with van der Waals surface area (Å²) in [7, 11) is 0. The van der Waals surface area contributed by atoms with Crippen molar-refractivity contribution in [2.75, 3.05) is 11.9 Å². The van der Waals surface area contributed by atoms with Crippen LogP contribution in [0.1, 0.15) is 12.6 Å². The van der Waals surface area contributed by atoms with Crippen LogP contribution in [0.3, 0.4) is 0 Å². The lowest BCUT2D eigenvalue weighted by Crippen LogP contribution is -2.19. The van der Waals surface area contributed by atoms with Gasteiger partial charge in [0.25, 0.3) is 0 Å². The Kier molecular flexibility index (Phi) is 4.79. The van der Waals surface area contributed by atoms with E-state index in [-0.39, 0.29) is 17.3 Å². The van der Waals surface area contributed by atoms with Crippen molar-refractivity contribution in [2.45, 2.75) is 19.5 Å². The Morgan fingerprint density at radius 1 is 1.14 bits per heavy atom. The number of aromatic nitrogens is 2. The summed E-state index contributed by atoms with van der Waals surface area (Å²) in [6.45, 7) is 0.405. The lowest BCUT2D eigenvalue weighted by atomic mass is 10.2. The second-order valence-electron chi connectivity index (χ2n) is 4.39. The topological polar surface area (TPSA) is 47.0 Å². The Balaban J connectivity index is 2.05. The van der Waals surface area contributed by atoms with Gasteiger partial charge in [-0.1, -0.05) is 6.92 Å². The first-order valence-electron chi connectivity index (χ1n) is 6.45. The number of rotatable bonds is 5. The highest BCUT2D eigenvalue weighted by Gasteiger charge is 2.28. The normalized spacial score (nSPS) is 11.3. The fourth-order valence-corrected chi connectivity index (χ4v) is 1.68. The van der Waals surface area contributed by atoms with Crippen LogP contribution in [0.2, 0.25) is 0 Å². The van der Waals surface area contributed by atoms with Gasteiger partial charge in [0.15, 0.2) is 18.2 Å². The van der Waals surface area contributed by atoms with Gasteiger partial charge in [-0.2, -0.15) is 13.2 Å². The molecule has 8 heteroatoms. The molecule has 0 unspecified atom stereocenters. The minimum atomic E-state index is -4.39. The van der Waals surface area contributed by atoms with Crippen LogP contribution in [0.15, 0.2) is 30.6 Å². The SMILES string of the molecule is CCc1ncnc(Nc2ccc(OCC(F)(F)F)cc2)c1F. The summed E-state index contributed by atoms with van der Waals surface area (Å²) < 4.78 is 54.6. The van der Waals surface area contributed by atoms with Crippen molar-refractivity contribution in [2.24, 2.45) is 0 Å². The van der Waals surface area contributed by atoms with E-state index in [1.54, 1.807) is 6.92 Å². The molecule has 0 saturated carbocycles. The number of nitrogens with zero attached hydrogens (tertiary/aromatic N) is 2. The van der Waals surface area contributed by atoms with Crippen LogP contribution in [0.25, 0.3) is 0 Å². The van der Waals surface area contributed by atoms with Gasteiger partial charge in [-0.05, 0) is 30.7 Å². The highest BCUT2D eigenvalue weighted by molar-refractivity contribution is 5.57. The molecule has 1 heterocycles. The van der Waals surface area contributed by atoms with Crippen LogP contribution in [0.5, 0.6) is 5.75 Å². The van der Waals surface area contributed by atoms with Gasteiger partial charge in [-0.15, -0.1) is 0 Å². The Hall–Kier alpha value is -2.38. The number of hydrogen-bond acceptors (Lipinski definition) is 4. The summed E-state index contributed by atoms with van der Waals surface area (Å²) >= 11 is 0. The number of ether oxygens (including phenoxy) is 1. The highest BCUT2D eigenvalue weighted by atomic mass is 19.4. The van der Waals surface area contributed by atoms with E-state index in [2.05, 4.69) is 20.0 Å². The molecule has 0 saturated heterocycles. The number of nitrogens with one attached hydrogen (secondary N) is 1. The maximum absolute atomic E-state index is 14.0. The zero-order valence-electron chi connectivity index (χ0n) is 11.6. The molecule has 0 amide bonds. The zero-order chi connectivity index (χ0) is 16.2. The van der Waals surface area contributed by atoms with E-state index >= 15 is 0 Å². The molecule has 2 aromatic rings. The Bertz CT molecular complexity index is 629. The number of halogens is 4. The first-order valence-corrected chi connectivity index (χ1v) is 6.45. The molecule has 0 fully saturated rings. The minimum Gasteiger partial charge on any atom is -0.484 e. The summed E-state index contributed by atoms with van der Waals surface area (Å²) in [6.07, 6.45) is -2.73. The van der Waals surface area contributed by atoms with E-state index in [4.69, 9.17) is 0 Å². The van der Waals surface area contributed by atoms with Gasteiger partial charge in [0, 0.05) is 5.69 Å². The summed E-state index contributed by atoms with van der Waals surface area (Å²) in [4.78, 5) is 7.60. The molecule has 4 nitrogen and oxygen atoms in total. The molecule has 0 aliphatic carbocycles. The van der Waals surface area contributed by atoms with Gasteiger partial charge >= 0.3 is 6.18 Å². The molecule has 1 aromatic heterocycles. The summed E-state index contributed by atoms with van der Waals surface area (Å²) in [5.41, 5.74) is 0.752. The zero-order valence-corrected chi connectivity index (χ0v) is 11.6. The number of hydrogen-bond donors (Lipinski definition) is 1. The van der Waals surface area contributed by atoms with E-state index < -0.39 is 18.6 Å². The average Bonchev–Trinajstić information content (AvgIpc) is 2.48. The predicted octanol–water partition coefficient (Wildman–Crippen LogP) is 3.86. The van der Waals surface area contributed by atoms with Gasteiger partial charge in [-0.25, -0.2) is 14.4 Å². The maximum atomic E-state index is 14.0. The van der Waals surface area contributed by atoms with Gasteiger partial charge in [0.1, 0.15) is 12.1 Å². The number of alkyl halides is 3. The third-order valence-corrected chi connectivity index (χ3v) is 2.72. The monoisotopic (exact) mass is 315 g/mol. The third kappa shape index (κ3) is 4.31. The van der Waals surface area contributed by atoms with Gasteiger partial charge in [0.05, 0.1) is 5.69 Å². The largest absolute Gasteiger partial charge is 0.484 e. The summed E-state index contributed by atoms with van der Waals surface area (Å²) in [6, 6.07) is 5.65. The molecule has 0 spiro atoms. The first-order chi connectivity index (χ1) is 10.4. The van der Waals surface area contributed by atoms with Crippen LogP contribution in [0.4, 0.5) is 29.1 Å². The Morgan fingerprint density at radius 2 is 1.82 bits per heavy atom. The molecule has 0 atom stereocenters. The smallest absolute Gasteiger partial charge is 0.422 e. The van der Waals surface area contributed by atoms with E-state index in [0.29, 0.717) is 12.1 Å². The van der Waals surface area contributed by atoms with Crippen LogP contribution < -0.4 is 10.1 Å². The molecular formula is C14H13F4N3O. The quantitative estimate of drug-likeness (QED) is 0.851. The number of benzene rings is 1. The molecule has 0 radical (unpaired) electrons. The molecule has 2 rings (SSSR count). The molecule has 1 N–H and O–H groups in total. The lowest BCUT2D eigenvalue weighted by Gasteiger charge is -2.11. The van der Waals surface area contributed by atoms with Crippen molar-refractivity contribution in [3.8, 4) is 5.75 Å². The van der Waals surface area contributed by atoms with E-state index in [1.807, 2.05) is 0 Å². The Morgan fingerprint density at radius 3 is 2.41 bits per heavy atom. The fraction of sp³-hybridized carbons (Fsp3) is 0.286. The maximum Gasteiger partial charge on any atom is 0.422 e. The van der Waals surface area contributed by atoms with Crippen molar-refractivity contribution in [1.29, 1.82) is 0 Å². The minimum absolute atomic E-state index is 0.0100. The molecule has 1 aromatic carbocycles. The van der Waals surface area contributed by atoms with Crippen molar-refractivity contribution in [3.05, 3.63) is 42.1 Å². The van der Waals surface area contributed by atoms with Crippen LogP contribution in [-0.2, 0) is 6.42 Å². The van der Waals surface area contributed by atoms with Crippen molar-refractivity contribution >= 4 is 11.5 Å². The van der Waals surface area contributed by atoms with Crippen molar-refractivity contribution in [3.63, 3.8) is 0 Å². The van der Waals surface area contributed by atoms with Crippen molar-refractivity contribution in [1.82, 2.24) is 9.97 Å². The predicted molar refractivity (Wildman–Crippen MR) is 72.6 cm³/mol. The molecule has 0 aliphatic heterocycles.